The maximum Gasteiger partial charge on any atom is 0.240 e. The maximum absolute atomic E-state index is 11.9. The number of hydrogen-bond donors (Lipinski definition) is 1. The van der Waals surface area contributed by atoms with Crippen LogP contribution in [0.25, 0.3) is 0 Å². The molecule has 1 aromatic carbocycles. The van der Waals surface area contributed by atoms with Gasteiger partial charge in [0, 0.05) is 13.0 Å². The molecule has 0 heterocycles. The zero-order valence-corrected chi connectivity index (χ0v) is 11.8. The Bertz CT molecular complexity index is 531. The van der Waals surface area contributed by atoms with Crippen LogP contribution in [0.5, 0.6) is 0 Å². The molecule has 4 heteroatoms. The summed E-state index contributed by atoms with van der Waals surface area (Å²) in [6, 6.07) is 6.93. The molecule has 0 amide bonds. The summed E-state index contributed by atoms with van der Waals surface area (Å²) in [5.74, 6) is 2.39. The average molecular weight is 265 g/mol. The lowest BCUT2D eigenvalue weighted by Crippen LogP contribution is -2.24. The molecule has 1 N–H and O–H groups in total. The highest BCUT2D eigenvalue weighted by molar-refractivity contribution is 7.89. The molecule has 0 fully saturated rings. The Kier molecular flexibility index (Phi) is 4.55. The van der Waals surface area contributed by atoms with Crippen molar-refractivity contribution in [3.8, 4) is 12.3 Å². The van der Waals surface area contributed by atoms with Crippen molar-refractivity contribution in [3.05, 3.63) is 29.8 Å². The summed E-state index contributed by atoms with van der Waals surface area (Å²) >= 11 is 0. The summed E-state index contributed by atoms with van der Waals surface area (Å²) in [5.41, 5.74) is 1.12. The summed E-state index contributed by atoms with van der Waals surface area (Å²) in [5, 5.41) is 0. The van der Waals surface area contributed by atoms with E-state index in [0.717, 1.165) is 5.56 Å². The van der Waals surface area contributed by atoms with E-state index in [2.05, 4.69) is 31.4 Å². The second-order valence-corrected chi connectivity index (χ2v) is 6.89. The normalized spacial score (nSPS) is 12.1. The highest BCUT2D eigenvalue weighted by atomic mass is 32.2. The lowest BCUT2D eigenvalue weighted by Gasteiger charge is -2.19. The lowest BCUT2D eigenvalue weighted by molar-refractivity contribution is 0.579. The van der Waals surface area contributed by atoms with Crippen LogP contribution >= 0.6 is 0 Å². The zero-order valence-electron chi connectivity index (χ0n) is 11.0. The molecule has 0 unspecified atom stereocenters. The fourth-order valence-electron chi connectivity index (χ4n) is 1.47. The van der Waals surface area contributed by atoms with Gasteiger partial charge < -0.3 is 0 Å². The van der Waals surface area contributed by atoms with Crippen LogP contribution in [0.15, 0.2) is 29.2 Å². The summed E-state index contributed by atoms with van der Waals surface area (Å²) in [4.78, 5) is 0.271. The second kappa shape index (κ2) is 5.55. The maximum atomic E-state index is 11.9. The third kappa shape index (κ3) is 3.86. The monoisotopic (exact) mass is 265 g/mol. The first-order valence-corrected chi connectivity index (χ1v) is 7.29. The molecular formula is C14H19NO2S. The van der Waals surface area contributed by atoms with Crippen LogP contribution in [0.4, 0.5) is 0 Å². The van der Waals surface area contributed by atoms with Crippen molar-refractivity contribution in [2.24, 2.45) is 0 Å². The van der Waals surface area contributed by atoms with Crippen LogP contribution in [0, 0.1) is 12.3 Å². The van der Waals surface area contributed by atoms with Crippen molar-refractivity contribution in [2.45, 2.75) is 37.5 Å². The van der Waals surface area contributed by atoms with Gasteiger partial charge in [-0.2, -0.15) is 0 Å². The number of hydrogen-bond acceptors (Lipinski definition) is 2. The van der Waals surface area contributed by atoms with Crippen molar-refractivity contribution >= 4 is 10.0 Å². The van der Waals surface area contributed by atoms with Gasteiger partial charge in [0.25, 0.3) is 0 Å². The van der Waals surface area contributed by atoms with Gasteiger partial charge in [0.15, 0.2) is 0 Å². The number of benzene rings is 1. The molecule has 1 rings (SSSR count). The lowest BCUT2D eigenvalue weighted by atomic mass is 9.87. The molecule has 0 atom stereocenters. The van der Waals surface area contributed by atoms with E-state index in [-0.39, 0.29) is 16.9 Å². The number of rotatable bonds is 4. The first-order chi connectivity index (χ1) is 8.27. The van der Waals surface area contributed by atoms with Crippen LogP contribution in [0.2, 0.25) is 0 Å². The Morgan fingerprint density at radius 3 is 2.22 bits per heavy atom. The molecule has 1 aromatic rings. The molecule has 0 aromatic heterocycles. The molecule has 0 aliphatic carbocycles. The van der Waals surface area contributed by atoms with Crippen LogP contribution in [0.3, 0.4) is 0 Å². The quantitative estimate of drug-likeness (QED) is 0.670. The third-order valence-corrected chi connectivity index (χ3v) is 4.07. The van der Waals surface area contributed by atoms with E-state index >= 15 is 0 Å². The minimum atomic E-state index is -3.44. The van der Waals surface area contributed by atoms with Gasteiger partial charge >= 0.3 is 0 Å². The van der Waals surface area contributed by atoms with E-state index < -0.39 is 10.0 Å². The van der Waals surface area contributed by atoms with Gasteiger partial charge in [0.1, 0.15) is 0 Å². The first kappa shape index (κ1) is 14.7. The van der Waals surface area contributed by atoms with Gasteiger partial charge in [-0.3, -0.25) is 0 Å². The minimum Gasteiger partial charge on any atom is -0.210 e. The van der Waals surface area contributed by atoms with Gasteiger partial charge in [0.2, 0.25) is 10.0 Å². The second-order valence-electron chi connectivity index (χ2n) is 5.13. The molecular weight excluding hydrogens is 246 g/mol. The fourth-order valence-corrected chi connectivity index (χ4v) is 2.51. The van der Waals surface area contributed by atoms with Crippen LogP contribution in [0.1, 0.15) is 32.8 Å². The van der Waals surface area contributed by atoms with Gasteiger partial charge in [0.05, 0.1) is 4.90 Å². The van der Waals surface area contributed by atoms with E-state index in [1.807, 2.05) is 12.1 Å². The Hall–Kier alpha value is -1.31. The molecule has 98 valence electrons. The smallest absolute Gasteiger partial charge is 0.210 e. The van der Waals surface area contributed by atoms with Crippen molar-refractivity contribution in [2.75, 3.05) is 6.54 Å². The summed E-state index contributed by atoms with van der Waals surface area (Å²) in [7, 11) is -3.44. The van der Waals surface area contributed by atoms with E-state index in [0.29, 0.717) is 6.42 Å². The molecule has 0 spiro atoms. The largest absolute Gasteiger partial charge is 0.240 e. The van der Waals surface area contributed by atoms with E-state index in [1.54, 1.807) is 12.1 Å². The molecule has 0 saturated carbocycles. The molecule has 0 bridgehead atoms. The van der Waals surface area contributed by atoms with Crippen molar-refractivity contribution < 1.29 is 8.42 Å². The Balaban J connectivity index is 2.89. The van der Waals surface area contributed by atoms with Crippen LogP contribution in [-0.2, 0) is 15.4 Å². The summed E-state index contributed by atoms with van der Waals surface area (Å²) in [6.45, 7) is 6.52. The van der Waals surface area contributed by atoms with Crippen LogP contribution in [-0.4, -0.2) is 15.0 Å². The highest BCUT2D eigenvalue weighted by Crippen LogP contribution is 2.23. The molecule has 3 nitrogen and oxygen atoms in total. The van der Waals surface area contributed by atoms with Gasteiger partial charge in [-0.1, -0.05) is 32.9 Å². The highest BCUT2D eigenvalue weighted by Gasteiger charge is 2.16. The molecule has 0 aliphatic heterocycles. The number of sulfonamides is 1. The van der Waals surface area contributed by atoms with E-state index in [9.17, 15) is 8.42 Å². The molecule has 0 aliphatic rings. The van der Waals surface area contributed by atoms with Crippen molar-refractivity contribution in [3.63, 3.8) is 0 Å². The predicted octanol–water partition coefficient (Wildman–Crippen LogP) is 2.29. The number of nitrogens with one attached hydrogen (secondary N) is 1. The molecule has 18 heavy (non-hydrogen) atoms. The molecule has 0 saturated heterocycles. The summed E-state index contributed by atoms with van der Waals surface area (Å²) in [6.07, 6.45) is 5.47. The standard InChI is InChI=1S/C14H19NO2S/c1-5-6-11-15-18(16,17)13-9-7-12(8-10-13)14(2,3)4/h1,7-10,15H,6,11H2,2-4H3. The Morgan fingerprint density at radius 2 is 1.78 bits per heavy atom. The Morgan fingerprint density at radius 1 is 1.22 bits per heavy atom. The van der Waals surface area contributed by atoms with Crippen molar-refractivity contribution in [1.82, 2.24) is 4.72 Å². The predicted molar refractivity (Wildman–Crippen MR) is 73.8 cm³/mol. The van der Waals surface area contributed by atoms with E-state index in [4.69, 9.17) is 6.42 Å². The van der Waals surface area contributed by atoms with Gasteiger partial charge in [-0.25, -0.2) is 13.1 Å². The van der Waals surface area contributed by atoms with Gasteiger partial charge in [-0.15, -0.1) is 12.3 Å². The Labute approximate surface area is 110 Å². The molecule has 0 radical (unpaired) electrons. The average Bonchev–Trinajstić information content (AvgIpc) is 2.28. The van der Waals surface area contributed by atoms with Gasteiger partial charge in [-0.05, 0) is 23.1 Å². The SMILES string of the molecule is C#CCCNS(=O)(=O)c1ccc(C(C)(C)C)cc1. The first-order valence-electron chi connectivity index (χ1n) is 5.81. The number of terminal acetylenes is 1. The fraction of sp³-hybridized carbons (Fsp3) is 0.429. The van der Waals surface area contributed by atoms with Crippen molar-refractivity contribution in [1.29, 1.82) is 0 Å². The van der Waals surface area contributed by atoms with Crippen LogP contribution < -0.4 is 4.72 Å². The zero-order chi connectivity index (χ0) is 13.8. The third-order valence-electron chi connectivity index (χ3n) is 2.59. The topological polar surface area (TPSA) is 46.2 Å². The van der Waals surface area contributed by atoms with E-state index in [1.165, 1.54) is 0 Å². The minimum absolute atomic E-state index is 0.0131. The summed E-state index contributed by atoms with van der Waals surface area (Å²) < 4.78 is 26.2.